The zero-order valence-corrected chi connectivity index (χ0v) is 14.9. The van der Waals surface area contributed by atoms with Crippen LogP contribution in [0.15, 0.2) is 47.6 Å². The summed E-state index contributed by atoms with van der Waals surface area (Å²) in [5.74, 6) is -0.0459. The average Bonchev–Trinajstić information content (AvgIpc) is 2.60. The second-order valence-corrected chi connectivity index (χ2v) is 6.10. The summed E-state index contributed by atoms with van der Waals surface area (Å²) in [7, 11) is 0. The Balaban J connectivity index is 1.94. The van der Waals surface area contributed by atoms with Crippen molar-refractivity contribution in [2.45, 2.75) is 26.7 Å². The van der Waals surface area contributed by atoms with Gasteiger partial charge in [-0.15, -0.1) is 0 Å². The first-order valence-electron chi connectivity index (χ1n) is 8.17. The third-order valence-corrected chi connectivity index (χ3v) is 3.74. The number of nitro benzene ring substituents is 1. The smallest absolute Gasteiger partial charge is 0.270 e. The molecule has 7 nitrogen and oxygen atoms in total. The van der Waals surface area contributed by atoms with E-state index >= 15 is 0 Å². The lowest BCUT2D eigenvalue weighted by Gasteiger charge is -2.16. The fourth-order valence-corrected chi connectivity index (χ4v) is 2.43. The van der Waals surface area contributed by atoms with Crippen molar-refractivity contribution in [1.29, 1.82) is 0 Å². The summed E-state index contributed by atoms with van der Waals surface area (Å²) in [6.07, 6.45) is 1.33. The average molecular weight is 355 g/mol. The maximum absolute atomic E-state index is 12.1. The first kappa shape index (κ1) is 19.1. The summed E-state index contributed by atoms with van der Waals surface area (Å²) >= 11 is 0. The highest BCUT2D eigenvalue weighted by molar-refractivity contribution is 5.93. The molecule has 0 bridgehead atoms. The highest BCUT2D eigenvalue weighted by Gasteiger charge is 2.12. The lowest BCUT2D eigenvalue weighted by Crippen LogP contribution is -2.19. The van der Waals surface area contributed by atoms with Crippen molar-refractivity contribution < 1.29 is 14.6 Å². The van der Waals surface area contributed by atoms with Gasteiger partial charge in [-0.2, -0.15) is 0 Å². The van der Waals surface area contributed by atoms with Crippen molar-refractivity contribution in [2.75, 3.05) is 11.9 Å². The quantitative estimate of drug-likeness (QED) is 0.461. The van der Waals surface area contributed by atoms with Gasteiger partial charge in [0, 0.05) is 23.4 Å². The zero-order valence-electron chi connectivity index (χ0n) is 14.9. The van der Waals surface area contributed by atoms with Crippen molar-refractivity contribution >= 4 is 23.5 Å². The number of non-ortho nitro benzene ring substituents is 1. The molecule has 0 radical (unpaired) electrons. The topological polar surface area (TPSA) is 93.8 Å². The Morgan fingerprint density at radius 2 is 2.04 bits per heavy atom. The molecule has 0 atom stereocenters. The van der Waals surface area contributed by atoms with Gasteiger partial charge in [0.2, 0.25) is 0 Å². The molecule has 0 heterocycles. The molecule has 0 saturated heterocycles. The van der Waals surface area contributed by atoms with Crippen molar-refractivity contribution in [1.82, 2.24) is 0 Å². The van der Waals surface area contributed by atoms with E-state index in [0.717, 1.165) is 16.8 Å². The number of nitrogens with one attached hydrogen (secondary N) is 1. The van der Waals surface area contributed by atoms with Crippen LogP contribution in [0.2, 0.25) is 0 Å². The SMILES string of the molecule is Cc1cccc(C(C)C)c1NC(=O)CO/N=C\c1cccc([N+](=O)[O-])c1. The molecule has 2 aromatic carbocycles. The zero-order chi connectivity index (χ0) is 19.1. The molecule has 0 fully saturated rings. The van der Waals surface area contributed by atoms with Crippen LogP contribution in [0, 0.1) is 17.0 Å². The van der Waals surface area contributed by atoms with Crippen molar-refractivity contribution in [2.24, 2.45) is 5.16 Å². The number of nitro groups is 1. The van der Waals surface area contributed by atoms with Crippen molar-refractivity contribution in [3.8, 4) is 0 Å². The number of carbonyl (C=O) groups is 1. The molecule has 0 spiro atoms. The minimum atomic E-state index is -0.486. The second kappa shape index (κ2) is 8.75. The Kier molecular flexibility index (Phi) is 6.43. The van der Waals surface area contributed by atoms with Gasteiger partial charge in [-0.3, -0.25) is 14.9 Å². The third kappa shape index (κ3) is 5.14. The van der Waals surface area contributed by atoms with E-state index in [9.17, 15) is 14.9 Å². The number of benzene rings is 2. The van der Waals surface area contributed by atoms with Gasteiger partial charge in [-0.25, -0.2) is 0 Å². The molecule has 0 unspecified atom stereocenters. The standard InChI is InChI=1S/C19H21N3O4/c1-13(2)17-9-4-6-14(3)19(17)21-18(23)12-26-20-11-15-7-5-8-16(10-15)22(24)25/h4-11,13H,12H2,1-3H3,(H,21,23)/b20-11-. The molecule has 2 rings (SSSR count). The predicted molar refractivity (Wildman–Crippen MR) is 101 cm³/mol. The van der Waals surface area contributed by atoms with Gasteiger partial charge in [-0.1, -0.05) is 49.3 Å². The van der Waals surface area contributed by atoms with Crippen LogP contribution in [0.1, 0.15) is 36.5 Å². The van der Waals surface area contributed by atoms with E-state index in [1.54, 1.807) is 12.1 Å². The Morgan fingerprint density at radius 1 is 1.31 bits per heavy atom. The summed E-state index contributed by atoms with van der Waals surface area (Å²) in [5.41, 5.74) is 3.30. The molecular formula is C19H21N3O4. The summed E-state index contributed by atoms with van der Waals surface area (Å²) in [6.45, 7) is 5.80. The number of anilines is 1. The van der Waals surface area contributed by atoms with E-state index in [-0.39, 0.29) is 24.1 Å². The van der Waals surface area contributed by atoms with E-state index < -0.39 is 4.92 Å². The van der Waals surface area contributed by atoms with E-state index in [1.807, 2.05) is 25.1 Å². The number of para-hydroxylation sites is 1. The monoisotopic (exact) mass is 355 g/mol. The van der Waals surface area contributed by atoms with Gasteiger partial charge in [-0.05, 0) is 24.0 Å². The van der Waals surface area contributed by atoms with Gasteiger partial charge >= 0.3 is 0 Å². The van der Waals surface area contributed by atoms with Crippen LogP contribution in [-0.2, 0) is 9.63 Å². The van der Waals surface area contributed by atoms with Crippen LogP contribution in [-0.4, -0.2) is 23.7 Å². The maximum atomic E-state index is 12.1. The maximum Gasteiger partial charge on any atom is 0.270 e. The van der Waals surface area contributed by atoms with E-state index in [1.165, 1.54) is 18.3 Å². The molecule has 2 aromatic rings. The minimum absolute atomic E-state index is 0.0348. The Labute approximate surface area is 151 Å². The summed E-state index contributed by atoms with van der Waals surface area (Å²) < 4.78 is 0. The number of hydrogen-bond donors (Lipinski definition) is 1. The molecule has 0 aliphatic carbocycles. The first-order valence-corrected chi connectivity index (χ1v) is 8.17. The molecule has 1 N–H and O–H groups in total. The Morgan fingerprint density at radius 3 is 2.73 bits per heavy atom. The van der Waals surface area contributed by atoms with Crippen LogP contribution in [0.5, 0.6) is 0 Å². The molecule has 26 heavy (non-hydrogen) atoms. The number of aryl methyl sites for hydroxylation is 1. The van der Waals surface area contributed by atoms with Gasteiger partial charge < -0.3 is 10.2 Å². The number of hydrogen-bond acceptors (Lipinski definition) is 5. The first-order chi connectivity index (χ1) is 12.4. The molecule has 1 amide bonds. The summed E-state index contributed by atoms with van der Waals surface area (Å²) in [4.78, 5) is 27.3. The van der Waals surface area contributed by atoms with E-state index in [4.69, 9.17) is 4.84 Å². The lowest BCUT2D eigenvalue weighted by atomic mass is 9.98. The fraction of sp³-hybridized carbons (Fsp3) is 0.263. The largest absolute Gasteiger partial charge is 0.386 e. The van der Waals surface area contributed by atoms with Gasteiger partial charge in [0.1, 0.15) is 0 Å². The van der Waals surface area contributed by atoms with Crippen LogP contribution in [0.25, 0.3) is 0 Å². The molecule has 0 saturated carbocycles. The van der Waals surface area contributed by atoms with Crippen LogP contribution in [0.3, 0.4) is 0 Å². The van der Waals surface area contributed by atoms with Crippen LogP contribution in [0.4, 0.5) is 11.4 Å². The number of nitrogens with zero attached hydrogens (tertiary/aromatic N) is 2. The minimum Gasteiger partial charge on any atom is -0.386 e. The second-order valence-electron chi connectivity index (χ2n) is 6.10. The van der Waals surface area contributed by atoms with E-state index in [2.05, 4.69) is 24.3 Å². The number of amides is 1. The van der Waals surface area contributed by atoms with Crippen molar-refractivity contribution in [3.63, 3.8) is 0 Å². The highest BCUT2D eigenvalue weighted by Crippen LogP contribution is 2.27. The van der Waals surface area contributed by atoms with Crippen molar-refractivity contribution in [3.05, 3.63) is 69.3 Å². The lowest BCUT2D eigenvalue weighted by molar-refractivity contribution is -0.384. The van der Waals surface area contributed by atoms with Gasteiger partial charge in [0.15, 0.2) is 6.61 Å². The molecule has 0 aliphatic rings. The van der Waals surface area contributed by atoms with E-state index in [0.29, 0.717) is 5.56 Å². The Hall–Kier alpha value is -3.22. The molecular weight excluding hydrogens is 334 g/mol. The number of oxime groups is 1. The van der Waals surface area contributed by atoms with Crippen LogP contribution >= 0.6 is 0 Å². The predicted octanol–water partition coefficient (Wildman–Crippen LogP) is 4.02. The molecule has 136 valence electrons. The molecule has 0 aliphatic heterocycles. The normalized spacial score (nSPS) is 10.9. The van der Waals surface area contributed by atoms with Gasteiger partial charge in [0.05, 0.1) is 11.1 Å². The third-order valence-electron chi connectivity index (χ3n) is 3.74. The number of rotatable bonds is 7. The number of carbonyl (C=O) groups excluding carboxylic acids is 1. The summed E-state index contributed by atoms with van der Waals surface area (Å²) in [6, 6.07) is 11.8. The summed E-state index contributed by atoms with van der Waals surface area (Å²) in [5, 5.41) is 17.3. The van der Waals surface area contributed by atoms with Crippen LogP contribution < -0.4 is 5.32 Å². The highest BCUT2D eigenvalue weighted by atomic mass is 16.6. The van der Waals surface area contributed by atoms with Gasteiger partial charge in [0.25, 0.3) is 11.6 Å². The Bertz CT molecular complexity index is 831. The molecule has 7 heteroatoms. The molecule has 0 aromatic heterocycles. The fourth-order valence-electron chi connectivity index (χ4n) is 2.43.